The van der Waals surface area contributed by atoms with Gasteiger partial charge < -0.3 is 5.32 Å². The van der Waals surface area contributed by atoms with Crippen molar-refractivity contribution in [1.29, 1.82) is 0 Å². The lowest BCUT2D eigenvalue weighted by Gasteiger charge is -2.26. The molecular formula is C17H20N6. The van der Waals surface area contributed by atoms with Gasteiger partial charge in [-0.1, -0.05) is 24.3 Å². The van der Waals surface area contributed by atoms with Gasteiger partial charge in [0.2, 0.25) is 5.95 Å². The first-order valence-corrected chi connectivity index (χ1v) is 8.20. The highest BCUT2D eigenvalue weighted by Crippen LogP contribution is 2.25. The van der Waals surface area contributed by atoms with Crippen molar-refractivity contribution in [3.63, 3.8) is 0 Å². The first-order valence-electron chi connectivity index (χ1n) is 8.20. The fraction of sp³-hybridized carbons (Fsp3) is 0.412. The van der Waals surface area contributed by atoms with Gasteiger partial charge in [0.15, 0.2) is 5.82 Å². The summed E-state index contributed by atoms with van der Waals surface area (Å²) in [7, 11) is 0. The first-order chi connectivity index (χ1) is 11.3. The van der Waals surface area contributed by atoms with Crippen molar-refractivity contribution < 1.29 is 0 Å². The second-order valence-corrected chi connectivity index (χ2v) is 6.33. The van der Waals surface area contributed by atoms with Crippen LogP contribution in [0, 0.1) is 5.92 Å². The number of rotatable bonds is 3. The van der Waals surface area contributed by atoms with Crippen molar-refractivity contribution in [2.24, 2.45) is 5.92 Å². The molecule has 1 saturated carbocycles. The zero-order valence-corrected chi connectivity index (χ0v) is 13.2. The normalized spacial score (nSPS) is 21.4. The number of hydrogen-bond acceptors (Lipinski definition) is 5. The number of nitrogens with one attached hydrogen (secondary N) is 1. The molecule has 1 aromatic carbocycles. The molecule has 6 heteroatoms. The largest absolute Gasteiger partial charge is 0.351 e. The summed E-state index contributed by atoms with van der Waals surface area (Å²) >= 11 is 0. The van der Waals surface area contributed by atoms with Gasteiger partial charge in [0.25, 0.3) is 0 Å². The number of aromatic nitrogens is 5. The molecule has 0 aliphatic heterocycles. The van der Waals surface area contributed by atoms with Crippen LogP contribution < -0.4 is 5.32 Å². The topological polar surface area (TPSA) is 68.5 Å². The molecule has 0 atom stereocenters. The summed E-state index contributed by atoms with van der Waals surface area (Å²) in [6.45, 7) is 2.32. The van der Waals surface area contributed by atoms with Crippen LogP contribution in [0.2, 0.25) is 0 Å². The fourth-order valence-electron chi connectivity index (χ4n) is 3.16. The van der Waals surface area contributed by atoms with E-state index in [9.17, 15) is 0 Å². The van der Waals surface area contributed by atoms with E-state index >= 15 is 0 Å². The van der Waals surface area contributed by atoms with Gasteiger partial charge in [0, 0.05) is 18.3 Å². The second kappa shape index (κ2) is 5.95. The van der Waals surface area contributed by atoms with Crippen molar-refractivity contribution in [1.82, 2.24) is 25.0 Å². The maximum absolute atomic E-state index is 4.62. The predicted octanol–water partition coefficient (Wildman–Crippen LogP) is 3.20. The maximum atomic E-state index is 4.62. The standard InChI is InChI=1S/C17H20N6/c1-12-6-8-13(9-7-12)19-17-18-11-10-16(20-17)23-15-5-3-2-4-14(15)21-22-23/h2-5,10-13H,6-9H2,1H3,(H,18,19,20). The molecule has 23 heavy (non-hydrogen) atoms. The van der Waals surface area contributed by atoms with Gasteiger partial charge >= 0.3 is 0 Å². The minimum atomic E-state index is 0.467. The Morgan fingerprint density at radius 1 is 1.09 bits per heavy atom. The van der Waals surface area contributed by atoms with Crippen LogP contribution in [0.15, 0.2) is 36.5 Å². The summed E-state index contributed by atoms with van der Waals surface area (Å²) in [6.07, 6.45) is 6.67. The van der Waals surface area contributed by atoms with E-state index < -0.39 is 0 Å². The van der Waals surface area contributed by atoms with Crippen LogP contribution in [-0.2, 0) is 0 Å². The highest BCUT2D eigenvalue weighted by molar-refractivity contribution is 5.75. The third-order valence-corrected chi connectivity index (χ3v) is 4.56. The van der Waals surface area contributed by atoms with Crippen molar-refractivity contribution in [3.8, 4) is 5.82 Å². The highest BCUT2D eigenvalue weighted by atomic mass is 15.4. The highest BCUT2D eigenvalue weighted by Gasteiger charge is 2.19. The average Bonchev–Trinajstić information content (AvgIpc) is 3.01. The van der Waals surface area contributed by atoms with E-state index in [0.717, 1.165) is 22.8 Å². The van der Waals surface area contributed by atoms with Crippen molar-refractivity contribution in [2.45, 2.75) is 38.6 Å². The predicted molar refractivity (Wildman–Crippen MR) is 89.5 cm³/mol. The molecule has 1 aliphatic rings. The summed E-state index contributed by atoms with van der Waals surface area (Å²) in [5, 5.41) is 11.9. The molecule has 4 rings (SSSR count). The maximum Gasteiger partial charge on any atom is 0.224 e. The number of nitrogens with zero attached hydrogens (tertiary/aromatic N) is 5. The molecule has 2 heterocycles. The number of fused-ring (bicyclic) bond motifs is 1. The Morgan fingerprint density at radius 2 is 1.91 bits per heavy atom. The van der Waals surface area contributed by atoms with Crippen LogP contribution in [0.5, 0.6) is 0 Å². The molecule has 1 aliphatic carbocycles. The molecule has 2 aromatic heterocycles. The molecule has 1 fully saturated rings. The van der Waals surface area contributed by atoms with Crippen molar-refractivity contribution in [3.05, 3.63) is 36.5 Å². The van der Waals surface area contributed by atoms with Crippen molar-refractivity contribution in [2.75, 3.05) is 5.32 Å². The Labute approximate surface area is 135 Å². The van der Waals surface area contributed by atoms with Crippen LogP contribution in [0.4, 0.5) is 5.95 Å². The summed E-state index contributed by atoms with van der Waals surface area (Å²) in [6, 6.07) is 10.2. The molecule has 3 aromatic rings. The SMILES string of the molecule is CC1CCC(Nc2nccc(-n3nnc4ccccc43)n2)CC1. The van der Waals surface area contributed by atoms with E-state index in [-0.39, 0.29) is 0 Å². The van der Waals surface area contributed by atoms with E-state index in [2.05, 4.69) is 32.5 Å². The smallest absolute Gasteiger partial charge is 0.224 e. The summed E-state index contributed by atoms with van der Waals surface area (Å²) < 4.78 is 1.76. The fourth-order valence-corrected chi connectivity index (χ4v) is 3.16. The van der Waals surface area contributed by atoms with Crippen molar-refractivity contribution >= 4 is 17.0 Å². The molecule has 0 spiro atoms. The zero-order valence-electron chi connectivity index (χ0n) is 13.2. The monoisotopic (exact) mass is 308 g/mol. The number of hydrogen-bond donors (Lipinski definition) is 1. The van der Waals surface area contributed by atoms with E-state index in [0.29, 0.717) is 12.0 Å². The van der Waals surface area contributed by atoms with Gasteiger partial charge in [-0.15, -0.1) is 5.10 Å². The number of anilines is 1. The molecule has 6 nitrogen and oxygen atoms in total. The molecule has 0 radical (unpaired) electrons. The molecular weight excluding hydrogens is 288 g/mol. The Balaban J connectivity index is 1.59. The lowest BCUT2D eigenvalue weighted by Crippen LogP contribution is -2.26. The molecule has 0 amide bonds. The van der Waals surface area contributed by atoms with Gasteiger partial charge in [0.1, 0.15) is 5.52 Å². The van der Waals surface area contributed by atoms with E-state index in [1.54, 1.807) is 10.9 Å². The third kappa shape index (κ3) is 2.88. The van der Waals surface area contributed by atoms with Crippen LogP contribution in [0.25, 0.3) is 16.9 Å². The van der Waals surface area contributed by atoms with Crippen LogP contribution >= 0.6 is 0 Å². The Hall–Kier alpha value is -2.50. The van der Waals surface area contributed by atoms with Gasteiger partial charge in [-0.25, -0.2) is 4.98 Å². The quantitative estimate of drug-likeness (QED) is 0.804. The molecule has 0 bridgehead atoms. The van der Waals surface area contributed by atoms with Gasteiger partial charge in [-0.05, 0) is 43.7 Å². The third-order valence-electron chi connectivity index (χ3n) is 4.56. The van der Waals surface area contributed by atoms with Gasteiger partial charge in [0.05, 0.1) is 5.52 Å². The summed E-state index contributed by atoms with van der Waals surface area (Å²) in [5.74, 6) is 2.24. The molecule has 118 valence electrons. The zero-order chi connectivity index (χ0) is 15.6. The lowest BCUT2D eigenvalue weighted by atomic mass is 9.87. The molecule has 1 N–H and O–H groups in total. The average molecular weight is 308 g/mol. The molecule has 0 saturated heterocycles. The van der Waals surface area contributed by atoms with Gasteiger partial charge in [-0.3, -0.25) is 0 Å². The van der Waals surface area contributed by atoms with E-state index in [1.807, 2.05) is 30.3 Å². The van der Waals surface area contributed by atoms with Crippen LogP contribution in [0.3, 0.4) is 0 Å². The second-order valence-electron chi connectivity index (χ2n) is 6.33. The minimum Gasteiger partial charge on any atom is -0.351 e. The Bertz CT molecular complexity index is 803. The van der Waals surface area contributed by atoms with Gasteiger partial charge in [-0.2, -0.15) is 9.67 Å². The minimum absolute atomic E-state index is 0.467. The Kier molecular flexibility index (Phi) is 3.65. The van der Waals surface area contributed by atoms with E-state index in [1.165, 1.54) is 25.7 Å². The van der Waals surface area contributed by atoms with Crippen LogP contribution in [-0.4, -0.2) is 31.0 Å². The first kappa shape index (κ1) is 14.1. The Morgan fingerprint density at radius 3 is 2.78 bits per heavy atom. The summed E-state index contributed by atoms with van der Waals surface area (Å²) in [4.78, 5) is 8.98. The number of para-hydroxylation sites is 1. The number of benzene rings is 1. The summed E-state index contributed by atoms with van der Waals surface area (Å²) in [5.41, 5.74) is 1.81. The van der Waals surface area contributed by atoms with E-state index in [4.69, 9.17) is 0 Å². The lowest BCUT2D eigenvalue weighted by molar-refractivity contribution is 0.360. The molecule has 0 unspecified atom stereocenters. The van der Waals surface area contributed by atoms with Crippen LogP contribution in [0.1, 0.15) is 32.6 Å².